The Morgan fingerprint density at radius 3 is 2.67 bits per heavy atom. The molecule has 1 atom stereocenters. The van der Waals surface area contributed by atoms with Gasteiger partial charge in [-0.3, -0.25) is 9.80 Å². The number of hydrogen-bond donors (Lipinski definition) is 2. The maximum absolute atomic E-state index is 13.3. The van der Waals surface area contributed by atoms with Gasteiger partial charge in [-0.25, -0.2) is 14.4 Å². The van der Waals surface area contributed by atoms with Crippen molar-refractivity contribution in [2.45, 2.75) is 39.7 Å². The molecule has 1 saturated heterocycles. The standard InChI is InChI=1S/C27H39N5O4/c1-5-13-28-26(34)31-16-10-15-30(17-18-31)19-22-23(25(33)36-7-3)24(21-12-9-8-11-20(21)4)29-27(35)32(22)14-6-2/h6,8-9,11-12,24H,2,5,7,10,13-19H2,1,3-4H3,(H,28,34)(H,29,35)/t24-/m1/s1. The van der Waals surface area contributed by atoms with Gasteiger partial charge in [0, 0.05) is 51.5 Å². The van der Waals surface area contributed by atoms with E-state index in [4.69, 9.17) is 4.74 Å². The Kier molecular flexibility index (Phi) is 9.93. The Balaban J connectivity index is 1.96. The molecular formula is C27H39N5O4. The van der Waals surface area contributed by atoms with Crippen LogP contribution in [0.4, 0.5) is 9.59 Å². The van der Waals surface area contributed by atoms with Gasteiger partial charge < -0.3 is 20.3 Å². The fourth-order valence-corrected chi connectivity index (χ4v) is 4.68. The van der Waals surface area contributed by atoms with Crippen LogP contribution in [0, 0.1) is 6.92 Å². The van der Waals surface area contributed by atoms with Crippen molar-refractivity contribution in [2.75, 3.05) is 52.4 Å². The summed E-state index contributed by atoms with van der Waals surface area (Å²) in [6, 6.07) is 6.79. The molecule has 1 aromatic carbocycles. The summed E-state index contributed by atoms with van der Waals surface area (Å²) in [5.41, 5.74) is 2.90. The SMILES string of the molecule is C=CCN1C(=O)N[C@H](c2ccccc2C)C(C(=O)OCC)=C1CN1CCCN(C(=O)NCCC)CC1. The second-order valence-electron chi connectivity index (χ2n) is 9.07. The number of esters is 1. The van der Waals surface area contributed by atoms with Crippen molar-refractivity contribution in [1.29, 1.82) is 0 Å². The van der Waals surface area contributed by atoms with Gasteiger partial charge in [0.15, 0.2) is 0 Å². The molecule has 0 aliphatic carbocycles. The summed E-state index contributed by atoms with van der Waals surface area (Å²) in [6.45, 7) is 13.7. The molecule has 2 aliphatic heterocycles. The largest absolute Gasteiger partial charge is 0.463 e. The number of hydrogen-bond acceptors (Lipinski definition) is 5. The molecule has 9 heteroatoms. The van der Waals surface area contributed by atoms with E-state index in [0.29, 0.717) is 44.0 Å². The zero-order valence-corrected chi connectivity index (χ0v) is 21.7. The van der Waals surface area contributed by atoms with E-state index in [1.807, 2.05) is 43.0 Å². The van der Waals surface area contributed by atoms with Gasteiger partial charge in [-0.05, 0) is 37.8 Å². The van der Waals surface area contributed by atoms with Crippen LogP contribution >= 0.6 is 0 Å². The summed E-state index contributed by atoms with van der Waals surface area (Å²) < 4.78 is 5.48. The second kappa shape index (κ2) is 13.1. The Morgan fingerprint density at radius 1 is 1.19 bits per heavy atom. The highest BCUT2D eigenvalue weighted by atomic mass is 16.5. The van der Waals surface area contributed by atoms with Gasteiger partial charge in [-0.1, -0.05) is 37.3 Å². The first-order valence-electron chi connectivity index (χ1n) is 12.8. The molecule has 196 valence electrons. The molecule has 3 rings (SSSR count). The molecule has 0 aromatic heterocycles. The fraction of sp³-hybridized carbons (Fsp3) is 0.519. The lowest BCUT2D eigenvalue weighted by Gasteiger charge is -2.38. The molecule has 0 spiro atoms. The highest BCUT2D eigenvalue weighted by Gasteiger charge is 2.39. The lowest BCUT2D eigenvalue weighted by atomic mass is 9.91. The van der Waals surface area contributed by atoms with Gasteiger partial charge in [0.1, 0.15) is 0 Å². The van der Waals surface area contributed by atoms with Gasteiger partial charge >= 0.3 is 18.0 Å². The number of benzene rings is 1. The minimum Gasteiger partial charge on any atom is -0.463 e. The average molecular weight is 498 g/mol. The Labute approximate surface area is 214 Å². The maximum atomic E-state index is 13.3. The lowest BCUT2D eigenvalue weighted by Crippen LogP contribution is -2.51. The van der Waals surface area contributed by atoms with Gasteiger partial charge in [0.2, 0.25) is 0 Å². The summed E-state index contributed by atoms with van der Waals surface area (Å²) in [5.74, 6) is -0.440. The molecule has 4 amide bonds. The number of nitrogens with zero attached hydrogens (tertiary/aromatic N) is 3. The number of carbonyl (C=O) groups is 3. The monoisotopic (exact) mass is 497 g/mol. The normalized spacial score (nSPS) is 19.0. The van der Waals surface area contributed by atoms with Crippen molar-refractivity contribution in [3.05, 3.63) is 59.3 Å². The van der Waals surface area contributed by atoms with Crippen molar-refractivity contribution >= 4 is 18.0 Å². The van der Waals surface area contributed by atoms with Crippen molar-refractivity contribution < 1.29 is 19.1 Å². The molecule has 2 N–H and O–H groups in total. The van der Waals surface area contributed by atoms with Gasteiger partial charge in [-0.2, -0.15) is 0 Å². The van der Waals surface area contributed by atoms with Gasteiger partial charge in [0.25, 0.3) is 0 Å². The maximum Gasteiger partial charge on any atom is 0.338 e. The fourth-order valence-electron chi connectivity index (χ4n) is 4.68. The Morgan fingerprint density at radius 2 is 1.97 bits per heavy atom. The van der Waals surface area contributed by atoms with E-state index in [9.17, 15) is 14.4 Å². The third-order valence-corrected chi connectivity index (χ3v) is 6.52. The number of amides is 4. The first kappa shape index (κ1) is 27.3. The molecule has 9 nitrogen and oxygen atoms in total. The van der Waals surface area contributed by atoms with Crippen LogP contribution in [0.25, 0.3) is 0 Å². The molecule has 0 unspecified atom stereocenters. The molecular weight excluding hydrogens is 458 g/mol. The molecule has 2 aliphatic rings. The topological polar surface area (TPSA) is 94.2 Å². The van der Waals surface area contributed by atoms with Crippen LogP contribution in [0.1, 0.15) is 43.9 Å². The van der Waals surface area contributed by atoms with Crippen molar-refractivity contribution in [2.24, 2.45) is 0 Å². The van der Waals surface area contributed by atoms with Crippen LogP contribution in [0.5, 0.6) is 0 Å². The van der Waals surface area contributed by atoms with E-state index >= 15 is 0 Å². The van der Waals surface area contributed by atoms with E-state index in [2.05, 4.69) is 22.1 Å². The summed E-state index contributed by atoms with van der Waals surface area (Å²) in [5, 5.41) is 5.97. The number of aryl methyl sites for hydroxylation is 1. The third kappa shape index (κ3) is 6.46. The van der Waals surface area contributed by atoms with E-state index in [-0.39, 0.29) is 25.2 Å². The van der Waals surface area contributed by atoms with Crippen LogP contribution in [-0.2, 0) is 9.53 Å². The van der Waals surface area contributed by atoms with Crippen LogP contribution < -0.4 is 10.6 Å². The van der Waals surface area contributed by atoms with Gasteiger partial charge in [-0.15, -0.1) is 6.58 Å². The van der Waals surface area contributed by atoms with E-state index in [1.165, 1.54) is 0 Å². The molecule has 0 bridgehead atoms. The number of carbonyl (C=O) groups excluding carboxylic acids is 3. The van der Waals surface area contributed by atoms with E-state index in [0.717, 1.165) is 30.5 Å². The molecule has 1 fully saturated rings. The minimum absolute atomic E-state index is 0.0462. The number of rotatable bonds is 9. The van der Waals surface area contributed by atoms with Crippen molar-refractivity contribution in [1.82, 2.24) is 25.3 Å². The predicted octanol–water partition coefficient (Wildman–Crippen LogP) is 3.19. The van der Waals surface area contributed by atoms with Crippen LogP contribution in [-0.4, -0.2) is 85.2 Å². The smallest absolute Gasteiger partial charge is 0.338 e. The van der Waals surface area contributed by atoms with Crippen molar-refractivity contribution in [3.63, 3.8) is 0 Å². The Bertz CT molecular complexity index is 992. The van der Waals surface area contributed by atoms with Crippen LogP contribution in [0.3, 0.4) is 0 Å². The van der Waals surface area contributed by atoms with Crippen molar-refractivity contribution in [3.8, 4) is 0 Å². The van der Waals surface area contributed by atoms with Crippen LogP contribution in [0.2, 0.25) is 0 Å². The van der Waals surface area contributed by atoms with Gasteiger partial charge in [0.05, 0.1) is 18.2 Å². The quantitative estimate of drug-likeness (QED) is 0.404. The summed E-state index contributed by atoms with van der Waals surface area (Å²) in [7, 11) is 0. The summed E-state index contributed by atoms with van der Waals surface area (Å²) in [4.78, 5) is 44.7. The summed E-state index contributed by atoms with van der Waals surface area (Å²) >= 11 is 0. The summed E-state index contributed by atoms with van der Waals surface area (Å²) in [6.07, 6.45) is 3.34. The zero-order valence-electron chi connectivity index (χ0n) is 21.7. The molecule has 2 heterocycles. The number of nitrogens with one attached hydrogen (secondary N) is 2. The highest BCUT2D eigenvalue weighted by molar-refractivity contribution is 5.95. The van der Waals surface area contributed by atoms with E-state index < -0.39 is 12.0 Å². The van der Waals surface area contributed by atoms with E-state index in [1.54, 1.807) is 17.9 Å². The first-order valence-corrected chi connectivity index (χ1v) is 12.8. The number of urea groups is 2. The number of ether oxygens (including phenoxy) is 1. The predicted molar refractivity (Wildman–Crippen MR) is 139 cm³/mol. The highest BCUT2D eigenvalue weighted by Crippen LogP contribution is 2.33. The molecule has 1 aromatic rings. The third-order valence-electron chi connectivity index (χ3n) is 6.52. The minimum atomic E-state index is -0.614. The Hall–Kier alpha value is -3.33. The zero-order chi connectivity index (χ0) is 26.1. The van der Waals surface area contributed by atoms with Crippen LogP contribution in [0.15, 0.2) is 48.2 Å². The molecule has 0 radical (unpaired) electrons. The molecule has 36 heavy (non-hydrogen) atoms. The average Bonchev–Trinajstić information content (AvgIpc) is 3.10. The lowest BCUT2D eigenvalue weighted by molar-refractivity contribution is -0.139. The second-order valence-corrected chi connectivity index (χ2v) is 9.07. The molecule has 0 saturated carbocycles. The first-order chi connectivity index (χ1) is 17.4.